The van der Waals surface area contributed by atoms with Gasteiger partial charge in [0.15, 0.2) is 11.5 Å². The van der Waals surface area contributed by atoms with Crippen LogP contribution in [0.5, 0.6) is 11.5 Å². The molecular formula is C21H25N3O3. The molecule has 2 heterocycles. The van der Waals surface area contributed by atoms with Crippen LogP contribution in [0.2, 0.25) is 0 Å². The molecule has 0 aromatic heterocycles. The van der Waals surface area contributed by atoms with Gasteiger partial charge in [0.1, 0.15) is 0 Å². The molecule has 4 rings (SSSR count). The summed E-state index contributed by atoms with van der Waals surface area (Å²) >= 11 is 0. The molecule has 2 unspecified atom stereocenters. The molecule has 0 saturated carbocycles. The summed E-state index contributed by atoms with van der Waals surface area (Å²) in [5, 5.41) is 0. The molecule has 142 valence electrons. The first kappa shape index (κ1) is 17.8. The largest absolute Gasteiger partial charge is 0.493 e. The van der Waals surface area contributed by atoms with Crippen LogP contribution >= 0.6 is 0 Å². The molecule has 2 aliphatic rings. The SMILES string of the molecule is COc1cc2c(cc1OC)CN(C(=O)C1CNNC1c1ccccc1)CC2. The Kier molecular flexibility index (Phi) is 5.01. The molecule has 6 heteroatoms. The minimum atomic E-state index is -0.117. The first-order chi connectivity index (χ1) is 13.2. The Morgan fingerprint density at radius 1 is 1.07 bits per heavy atom. The van der Waals surface area contributed by atoms with Crippen molar-refractivity contribution in [2.24, 2.45) is 5.92 Å². The van der Waals surface area contributed by atoms with Crippen molar-refractivity contribution >= 4 is 5.91 Å². The number of hydrogen-bond donors (Lipinski definition) is 2. The van der Waals surface area contributed by atoms with E-state index in [1.54, 1.807) is 14.2 Å². The average Bonchev–Trinajstić information content (AvgIpc) is 3.22. The van der Waals surface area contributed by atoms with Gasteiger partial charge in [-0.15, -0.1) is 0 Å². The molecule has 2 aromatic carbocycles. The maximum Gasteiger partial charge on any atom is 0.229 e. The highest BCUT2D eigenvalue weighted by atomic mass is 16.5. The van der Waals surface area contributed by atoms with Gasteiger partial charge in [-0.3, -0.25) is 10.2 Å². The summed E-state index contributed by atoms with van der Waals surface area (Å²) in [5.41, 5.74) is 9.90. The quantitative estimate of drug-likeness (QED) is 0.866. The van der Waals surface area contributed by atoms with Crippen molar-refractivity contribution in [3.63, 3.8) is 0 Å². The Bertz CT molecular complexity index is 825. The number of carbonyl (C=O) groups is 1. The summed E-state index contributed by atoms with van der Waals surface area (Å²) in [6.45, 7) is 1.96. The molecule has 0 spiro atoms. The third kappa shape index (κ3) is 3.38. The van der Waals surface area contributed by atoms with E-state index in [0.717, 1.165) is 29.8 Å². The Balaban J connectivity index is 1.54. The van der Waals surface area contributed by atoms with Crippen molar-refractivity contribution < 1.29 is 14.3 Å². The van der Waals surface area contributed by atoms with Crippen LogP contribution in [0.4, 0.5) is 0 Å². The van der Waals surface area contributed by atoms with Crippen molar-refractivity contribution in [1.82, 2.24) is 15.8 Å². The lowest BCUT2D eigenvalue weighted by Gasteiger charge is -2.32. The molecule has 2 atom stereocenters. The fourth-order valence-corrected chi connectivity index (χ4v) is 4.01. The van der Waals surface area contributed by atoms with Crippen LogP contribution in [0, 0.1) is 5.92 Å². The molecule has 0 radical (unpaired) electrons. The molecule has 1 amide bonds. The fraction of sp³-hybridized carbons (Fsp3) is 0.381. The van der Waals surface area contributed by atoms with Crippen molar-refractivity contribution in [1.29, 1.82) is 0 Å². The van der Waals surface area contributed by atoms with Crippen molar-refractivity contribution in [3.05, 3.63) is 59.2 Å². The predicted molar refractivity (Wildman–Crippen MR) is 102 cm³/mol. The molecule has 0 bridgehead atoms. The monoisotopic (exact) mass is 367 g/mol. The summed E-state index contributed by atoms with van der Waals surface area (Å²) in [5.74, 6) is 1.51. The van der Waals surface area contributed by atoms with Crippen LogP contribution in [0.3, 0.4) is 0 Å². The number of nitrogens with one attached hydrogen (secondary N) is 2. The second-order valence-corrected chi connectivity index (χ2v) is 7.01. The number of nitrogens with zero attached hydrogens (tertiary/aromatic N) is 1. The second kappa shape index (κ2) is 7.58. The van der Waals surface area contributed by atoms with E-state index >= 15 is 0 Å². The zero-order valence-corrected chi connectivity index (χ0v) is 15.7. The lowest BCUT2D eigenvalue weighted by Crippen LogP contribution is -2.42. The highest BCUT2D eigenvalue weighted by Gasteiger charge is 2.37. The van der Waals surface area contributed by atoms with Gasteiger partial charge >= 0.3 is 0 Å². The summed E-state index contributed by atoms with van der Waals surface area (Å²) < 4.78 is 10.8. The number of rotatable bonds is 4. The molecule has 0 aliphatic carbocycles. The highest BCUT2D eigenvalue weighted by Crippen LogP contribution is 2.34. The van der Waals surface area contributed by atoms with Crippen molar-refractivity contribution in [3.8, 4) is 11.5 Å². The number of hydrazine groups is 1. The van der Waals surface area contributed by atoms with Gasteiger partial charge in [0.25, 0.3) is 0 Å². The predicted octanol–water partition coefficient (Wildman–Crippen LogP) is 2.05. The Morgan fingerprint density at radius 2 is 1.78 bits per heavy atom. The smallest absolute Gasteiger partial charge is 0.229 e. The van der Waals surface area contributed by atoms with E-state index in [-0.39, 0.29) is 17.9 Å². The van der Waals surface area contributed by atoms with Crippen molar-refractivity contribution in [2.45, 2.75) is 19.0 Å². The van der Waals surface area contributed by atoms with E-state index < -0.39 is 0 Å². The zero-order valence-electron chi connectivity index (χ0n) is 15.7. The van der Waals surface area contributed by atoms with Gasteiger partial charge < -0.3 is 14.4 Å². The van der Waals surface area contributed by atoms with Crippen molar-refractivity contribution in [2.75, 3.05) is 27.3 Å². The Hall–Kier alpha value is -2.57. The van der Waals surface area contributed by atoms with Crippen LogP contribution < -0.4 is 20.3 Å². The molecule has 2 aromatic rings. The highest BCUT2D eigenvalue weighted by molar-refractivity contribution is 5.81. The molecular weight excluding hydrogens is 342 g/mol. The maximum atomic E-state index is 13.3. The van der Waals surface area contributed by atoms with E-state index in [1.165, 1.54) is 5.56 Å². The number of fused-ring (bicyclic) bond motifs is 1. The standard InChI is InChI=1S/C21H25N3O3/c1-26-18-10-15-8-9-24(13-16(15)11-19(18)27-2)21(25)17-12-22-23-20(17)14-6-4-3-5-7-14/h3-7,10-11,17,20,22-23H,8-9,12-13H2,1-2H3. The van der Waals surface area contributed by atoms with Gasteiger partial charge in [0.05, 0.1) is 26.2 Å². The van der Waals surface area contributed by atoms with E-state index in [9.17, 15) is 4.79 Å². The number of carbonyl (C=O) groups excluding carboxylic acids is 1. The number of benzene rings is 2. The first-order valence-corrected chi connectivity index (χ1v) is 9.27. The third-order valence-electron chi connectivity index (χ3n) is 5.49. The lowest BCUT2D eigenvalue weighted by atomic mass is 9.92. The molecule has 6 nitrogen and oxygen atoms in total. The first-order valence-electron chi connectivity index (χ1n) is 9.27. The molecule has 1 saturated heterocycles. The number of methoxy groups -OCH3 is 2. The average molecular weight is 367 g/mol. The van der Waals surface area contributed by atoms with E-state index in [0.29, 0.717) is 18.8 Å². The van der Waals surface area contributed by atoms with Crippen LogP contribution in [0.15, 0.2) is 42.5 Å². The fourth-order valence-electron chi connectivity index (χ4n) is 4.01. The van der Waals surface area contributed by atoms with Gasteiger partial charge in [-0.2, -0.15) is 0 Å². The molecule has 2 N–H and O–H groups in total. The topological polar surface area (TPSA) is 62.8 Å². The van der Waals surface area contributed by atoms with E-state index in [2.05, 4.69) is 23.0 Å². The van der Waals surface area contributed by atoms with Gasteiger partial charge in [-0.25, -0.2) is 5.43 Å². The zero-order chi connectivity index (χ0) is 18.8. The van der Waals surface area contributed by atoms with Gasteiger partial charge in [0.2, 0.25) is 5.91 Å². The van der Waals surface area contributed by atoms with Crippen LogP contribution in [-0.4, -0.2) is 38.1 Å². The molecule has 1 fully saturated rings. The van der Waals surface area contributed by atoms with Crippen LogP contribution in [0.25, 0.3) is 0 Å². The number of ether oxygens (including phenoxy) is 2. The third-order valence-corrected chi connectivity index (χ3v) is 5.49. The van der Waals surface area contributed by atoms with Gasteiger partial charge in [0, 0.05) is 19.6 Å². The normalized spacial score (nSPS) is 21.6. The van der Waals surface area contributed by atoms with E-state index in [1.807, 2.05) is 35.2 Å². The minimum Gasteiger partial charge on any atom is -0.493 e. The summed E-state index contributed by atoms with van der Waals surface area (Å²) in [6.07, 6.45) is 0.824. The van der Waals surface area contributed by atoms with Crippen LogP contribution in [0.1, 0.15) is 22.7 Å². The van der Waals surface area contributed by atoms with Gasteiger partial charge in [-0.1, -0.05) is 30.3 Å². The lowest BCUT2D eigenvalue weighted by molar-refractivity contribution is -0.136. The number of hydrogen-bond acceptors (Lipinski definition) is 5. The second-order valence-electron chi connectivity index (χ2n) is 7.01. The Labute approximate surface area is 159 Å². The summed E-state index contributed by atoms with van der Waals surface area (Å²) in [7, 11) is 3.28. The maximum absolute atomic E-state index is 13.3. The van der Waals surface area contributed by atoms with E-state index in [4.69, 9.17) is 9.47 Å². The number of amides is 1. The van der Waals surface area contributed by atoms with Crippen LogP contribution in [-0.2, 0) is 17.8 Å². The molecule has 27 heavy (non-hydrogen) atoms. The summed E-state index contributed by atoms with van der Waals surface area (Å²) in [6, 6.07) is 14.1. The Morgan fingerprint density at radius 3 is 2.48 bits per heavy atom. The minimum absolute atomic E-state index is 0.00880. The molecule has 2 aliphatic heterocycles. The van der Waals surface area contributed by atoms with Gasteiger partial charge in [-0.05, 0) is 35.2 Å². The summed E-state index contributed by atoms with van der Waals surface area (Å²) in [4.78, 5) is 15.2.